The van der Waals surface area contributed by atoms with Crippen molar-refractivity contribution in [2.75, 3.05) is 11.5 Å². The molecule has 1 aliphatic carbocycles. The molecule has 3 aromatic carbocycles. The van der Waals surface area contributed by atoms with Crippen LogP contribution in [0.5, 0.6) is 5.75 Å². The third-order valence-electron chi connectivity index (χ3n) is 6.27. The van der Waals surface area contributed by atoms with E-state index in [0.717, 1.165) is 11.1 Å². The number of benzene rings is 3. The Morgan fingerprint density at radius 2 is 1.42 bits per heavy atom. The van der Waals surface area contributed by atoms with E-state index in [4.69, 9.17) is 4.74 Å². The Bertz CT molecular complexity index is 1200. The number of anilines is 1. The number of hydrogen-bond acceptors (Lipinski definition) is 4. The van der Waals surface area contributed by atoms with E-state index in [1.807, 2.05) is 54.6 Å². The van der Waals surface area contributed by atoms with Crippen LogP contribution in [0.2, 0.25) is 0 Å². The monoisotopic (exact) mass is 437 g/mol. The van der Waals surface area contributed by atoms with Gasteiger partial charge in [0.25, 0.3) is 0 Å². The van der Waals surface area contributed by atoms with Crippen LogP contribution >= 0.6 is 0 Å². The number of ether oxygens (including phenoxy) is 1. The highest BCUT2D eigenvalue weighted by Gasteiger charge is 2.47. The van der Waals surface area contributed by atoms with Crippen LogP contribution in [0.1, 0.15) is 23.2 Å². The van der Waals surface area contributed by atoms with Crippen LogP contribution < -0.4 is 9.64 Å². The molecular formula is C28H23NO4. The van der Waals surface area contributed by atoms with Gasteiger partial charge in [-0.25, -0.2) is 4.90 Å². The van der Waals surface area contributed by atoms with Gasteiger partial charge in [-0.15, -0.1) is 0 Å². The van der Waals surface area contributed by atoms with E-state index in [-0.39, 0.29) is 36.0 Å². The quantitative estimate of drug-likeness (QED) is 0.307. The molecule has 1 fully saturated rings. The van der Waals surface area contributed by atoms with Crippen LogP contribution in [0.3, 0.4) is 0 Å². The van der Waals surface area contributed by atoms with Crippen molar-refractivity contribution in [2.45, 2.75) is 12.8 Å². The van der Waals surface area contributed by atoms with Gasteiger partial charge in [-0.3, -0.25) is 14.4 Å². The topological polar surface area (TPSA) is 63.7 Å². The lowest BCUT2D eigenvalue weighted by Gasteiger charge is -2.16. The number of rotatable bonds is 6. The molecule has 2 unspecified atom stereocenters. The van der Waals surface area contributed by atoms with Gasteiger partial charge in [0, 0.05) is 11.6 Å². The standard InChI is InChI=1S/C28H23NO4/c30-26(21-15-13-20(14-16-21)19-7-2-1-3-8-19)18-33-23-10-6-9-22(17-23)29-27(31)24-11-4-5-12-25(24)28(29)32/h1-10,13-17,24-25H,11-12,18H2. The van der Waals surface area contributed by atoms with Gasteiger partial charge in [0.1, 0.15) is 5.75 Å². The number of amides is 2. The molecule has 0 saturated carbocycles. The summed E-state index contributed by atoms with van der Waals surface area (Å²) >= 11 is 0. The fourth-order valence-electron chi connectivity index (χ4n) is 4.48. The lowest BCUT2D eigenvalue weighted by Crippen LogP contribution is -2.30. The van der Waals surface area contributed by atoms with Crippen molar-refractivity contribution in [1.29, 1.82) is 0 Å². The van der Waals surface area contributed by atoms with Crippen molar-refractivity contribution >= 4 is 23.3 Å². The predicted molar refractivity (Wildman–Crippen MR) is 126 cm³/mol. The number of allylic oxidation sites excluding steroid dienone is 2. The molecule has 5 rings (SSSR count). The van der Waals surface area contributed by atoms with E-state index < -0.39 is 0 Å². The van der Waals surface area contributed by atoms with Crippen LogP contribution in [0.25, 0.3) is 11.1 Å². The van der Waals surface area contributed by atoms with Gasteiger partial charge in [-0.1, -0.05) is 72.8 Å². The molecule has 0 N–H and O–H groups in total. The van der Waals surface area contributed by atoms with Crippen LogP contribution in [-0.2, 0) is 9.59 Å². The first-order chi connectivity index (χ1) is 16.1. The third-order valence-corrected chi connectivity index (χ3v) is 6.27. The maximum absolute atomic E-state index is 12.8. The molecule has 2 amide bonds. The predicted octanol–water partition coefficient (Wildman–Crippen LogP) is 5.07. The van der Waals surface area contributed by atoms with E-state index in [0.29, 0.717) is 29.8 Å². The zero-order chi connectivity index (χ0) is 22.8. The second-order valence-corrected chi connectivity index (χ2v) is 8.32. The lowest BCUT2D eigenvalue weighted by atomic mass is 9.85. The van der Waals surface area contributed by atoms with Gasteiger partial charge in [0.15, 0.2) is 12.4 Å². The molecule has 164 valence electrons. The van der Waals surface area contributed by atoms with Crippen molar-refractivity contribution in [2.24, 2.45) is 11.8 Å². The Kier molecular flexibility index (Phi) is 5.61. The minimum Gasteiger partial charge on any atom is -0.485 e. The molecule has 0 aromatic heterocycles. The van der Waals surface area contributed by atoms with E-state index in [1.54, 1.807) is 36.4 Å². The molecule has 33 heavy (non-hydrogen) atoms. The Hall–Kier alpha value is -3.99. The van der Waals surface area contributed by atoms with Gasteiger partial charge >= 0.3 is 0 Å². The number of carbonyl (C=O) groups is 3. The molecule has 0 bridgehead atoms. The third kappa shape index (κ3) is 4.10. The van der Waals surface area contributed by atoms with Crippen molar-refractivity contribution in [1.82, 2.24) is 0 Å². The molecule has 2 aliphatic rings. The maximum Gasteiger partial charge on any atom is 0.238 e. The molecule has 0 radical (unpaired) electrons. The second kappa shape index (κ2) is 8.87. The van der Waals surface area contributed by atoms with Crippen LogP contribution in [-0.4, -0.2) is 24.2 Å². The lowest BCUT2D eigenvalue weighted by molar-refractivity contribution is -0.122. The van der Waals surface area contributed by atoms with Gasteiger partial charge in [0.2, 0.25) is 11.8 Å². The summed E-state index contributed by atoms with van der Waals surface area (Å²) in [5.74, 6) is -0.608. The van der Waals surface area contributed by atoms with Crippen molar-refractivity contribution in [3.05, 3.63) is 96.6 Å². The fraction of sp³-hybridized carbons (Fsp3) is 0.179. The van der Waals surface area contributed by atoms with Crippen LogP contribution in [0.15, 0.2) is 91.0 Å². The van der Waals surface area contributed by atoms with Gasteiger partial charge in [0.05, 0.1) is 17.5 Å². The number of Topliss-reactive ketones (excluding diaryl/α,β-unsaturated/α-hetero) is 1. The smallest absolute Gasteiger partial charge is 0.238 e. The number of nitrogens with zero attached hydrogens (tertiary/aromatic N) is 1. The largest absolute Gasteiger partial charge is 0.485 e. The molecule has 2 atom stereocenters. The summed E-state index contributed by atoms with van der Waals surface area (Å²) in [5, 5.41) is 0. The van der Waals surface area contributed by atoms with Gasteiger partial charge < -0.3 is 4.74 Å². The minimum atomic E-state index is -0.285. The summed E-state index contributed by atoms with van der Waals surface area (Å²) in [6, 6.07) is 24.2. The first-order valence-corrected chi connectivity index (χ1v) is 11.1. The van der Waals surface area contributed by atoms with Crippen LogP contribution in [0, 0.1) is 11.8 Å². The van der Waals surface area contributed by atoms with Gasteiger partial charge in [-0.05, 0) is 36.1 Å². The Labute approximate surface area is 192 Å². The molecule has 1 saturated heterocycles. The summed E-state index contributed by atoms with van der Waals surface area (Å²) in [6.07, 6.45) is 5.12. The van der Waals surface area contributed by atoms with Crippen LogP contribution in [0.4, 0.5) is 5.69 Å². The Morgan fingerprint density at radius 1 is 0.788 bits per heavy atom. The first kappa shape index (κ1) is 20.9. The normalized spacial score (nSPS) is 19.5. The molecule has 3 aromatic rings. The Balaban J connectivity index is 1.25. The van der Waals surface area contributed by atoms with Gasteiger partial charge in [-0.2, -0.15) is 0 Å². The van der Waals surface area contributed by atoms with Crippen molar-refractivity contribution < 1.29 is 19.1 Å². The second-order valence-electron chi connectivity index (χ2n) is 8.32. The highest BCUT2D eigenvalue weighted by Crippen LogP contribution is 2.38. The molecule has 0 spiro atoms. The van der Waals surface area contributed by atoms with Crippen molar-refractivity contribution in [3.63, 3.8) is 0 Å². The highest BCUT2D eigenvalue weighted by molar-refractivity contribution is 6.22. The van der Waals surface area contributed by atoms with E-state index in [1.165, 1.54) is 4.90 Å². The molecule has 1 aliphatic heterocycles. The summed E-state index contributed by atoms with van der Waals surface area (Å²) in [5.41, 5.74) is 3.17. The molecule has 1 heterocycles. The SMILES string of the molecule is O=C(COc1cccc(N2C(=O)C3CC=CCC3C2=O)c1)c1ccc(-c2ccccc2)cc1. The van der Waals surface area contributed by atoms with E-state index >= 15 is 0 Å². The minimum absolute atomic E-state index is 0.134. The zero-order valence-corrected chi connectivity index (χ0v) is 18.0. The molecular weight excluding hydrogens is 414 g/mol. The average Bonchev–Trinajstić information content (AvgIpc) is 3.13. The van der Waals surface area contributed by atoms with E-state index in [2.05, 4.69) is 0 Å². The summed E-state index contributed by atoms with van der Waals surface area (Å²) in [4.78, 5) is 39.5. The van der Waals surface area contributed by atoms with E-state index in [9.17, 15) is 14.4 Å². The highest BCUT2D eigenvalue weighted by atomic mass is 16.5. The summed E-state index contributed by atoms with van der Waals surface area (Å²) < 4.78 is 5.72. The number of ketones is 1. The average molecular weight is 437 g/mol. The van der Waals surface area contributed by atoms with Crippen molar-refractivity contribution in [3.8, 4) is 16.9 Å². The molecule has 5 heteroatoms. The number of carbonyl (C=O) groups excluding carboxylic acids is 3. The Morgan fingerprint density at radius 3 is 2.09 bits per heavy atom. The summed E-state index contributed by atoms with van der Waals surface area (Å²) in [7, 11) is 0. The maximum atomic E-state index is 12.8. The zero-order valence-electron chi connectivity index (χ0n) is 18.0. The summed E-state index contributed by atoms with van der Waals surface area (Å²) in [6.45, 7) is -0.134. The number of imide groups is 1. The number of fused-ring (bicyclic) bond motifs is 1. The first-order valence-electron chi connectivity index (χ1n) is 11.1. The number of hydrogen-bond donors (Lipinski definition) is 0. The fourth-order valence-corrected chi connectivity index (χ4v) is 4.48. The molecule has 5 nitrogen and oxygen atoms in total.